The Hall–Kier alpha value is -1.20. The molecule has 0 bridgehead atoms. The Morgan fingerprint density at radius 2 is 2.27 bits per heavy atom. The summed E-state index contributed by atoms with van der Waals surface area (Å²) >= 11 is 6.62. The number of thiocarbonyl (C=S) groups is 1. The highest BCUT2D eigenvalue weighted by molar-refractivity contribution is 7.80. The SMILES string of the molecule is Cc1ccc(/C=C2/NC(=S)N(C)C2=O)s1. The van der Waals surface area contributed by atoms with Gasteiger partial charge in [0.05, 0.1) is 0 Å². The van der Waals surface area contributed by atoms with Gasteiger partial charge in [-0.1, -0.05) is 0 Å². The van der Waals surface area contributed by atoms with Crippen LogP contribution in [0.5, 0.6) is 0 Å². The van der Waals surface area contributed by atoms with E-state index < -0.39 is 0 Å². The van der Waals surface area contributed by atoms with E-state index in [1.807, 2.05) is 25.1 Å². The molecule has 1 aliphatic rings. The molecule has 0 atom stereocenters. The van der Waals surface area contributed by atoms with Crippen molar-refractivity contribution in [2.45, 2.75) is 6.92 Å². The Morgan fingerprint density at radius 3 is 2.73 bits per heavy atom. The smallest absolute Gasteiger partial charge is 0.276 e. The molecule has 15 heavy (non-hydrogen) atoms. The fraction of sp³-hybridized carbons (Fsp3) is 0.200. The quantitative estimate of drug-likeness (QED) is 0.597. The van der Waals surface area contributed by atoms with Crippen molar-refractivity contribution in [3.8, 4) is 0 Å². The third-order valence-corrected chi connectivity index (χ3v) is 3.45. The van der Waals surface area contributed by atoms with Gasteiger partial charge in [-0.15, -0.1) is 11.3 Å². The Morgan fingerprint density at radius 1 is 1.53 bits per heavy atom. The van der Waals surface area contributed by atoms with Crippen LogP contribution in [0.25, 0.3) is 6.08 Å². The minimum absolute atomic E-state index is 0.0777. The Bertz CT molecular complexity index is 462. The zero-order valence-corrected chi connectivity index (χ0v) is 10.0. The van der Waals surface area contributed by atoms with E-state index in [1.54, 1.807) is 18.4 Å². The Balaban J connectivity index is 2.29. The normalized spacial score (nSPS) is 18.8. The number of carbonyl (C=O) groups is 1. The number of thiophene rings is 1. The molecule has 1 amide bonds. The lowest BCUT2D eigenvalue weighted by Crippen LogP contribution is -2.25. The summed E-state index contributed by atoms with van der Waals surface area (Å²) in [6, 6.07) is 4.02. The second kappa shape index (κ2) is 3.75. The summed E-state index contributed by atoms with van der Waals surface area (Å²) in [7, 11) is 1.66. The van der Waals surface area contributed by atoms with Gasteiger partial charge >= 0.3 is 0 Å². The fourth-order valence-electron chi connectivity index (χ4n) is 1.30. The topological polar surface area (TPSA) is 32.3 Å². The second-order valence-electron chi connectivity index (χ2n) is 3.30. The van der Waals surface area contributed by atoms with Gasteiger partial charge in [-0.25, -0.2) is 0 Å². The van der Waals surface area contributed by atoms with Crippen molar-refractivity contribution in [1.82, 2.24) is 10.2 Å². The maximum absolute atomic E-state index is 11.6. The van der Waals surface area contributed by atoms with Gasteiger partial charge in [0, 0.05) is 16.8 Å². The maximum atomic E-state index is 11.6. The van der Waals surface area contributed by atoms with Crippen molar-refractivity contribution >= 4 is 40.7 Å². The van der Waals surface area contributed by atoms with Crippen molar-refractivity contribution < 1.29 is 4.79 Å². The number of nitrogens with one attached hydrogen (secondary N) is 1. The monoisotopic (exact) mass is 238 g/mol. The van der Waals surface area contributed by atoms with Crippen molar-refractivity contribution in [3.05, 3.63) is 27.6 Å². The van der Waals surface area contributed by atoms with E-state index in [1.165, 1.54) is 9.78 Å². The molecule has 2 rings (SSSR count). The molecule has 1 N–H and O–H groups in total. The van der Waals surface area contributed by atoms with Crippen LogP contribution in [-0.4, -0.2) is 23.0 Å². The molecule has 0 aliphatic carbocycles. The summed E-state index contributed by atoms with van der Waals surface area (Å²) in [6.07, 6.45) is 1.83. The first-order valence-corrected chi connectivity index (χ1v) is 5.67. The average Bonchev–Trinajstić information content (AvgIpc) is 2.68. The molecule has 0 unspecified atom stereocenters. The first-order chi connectivity index (χ1) is 7.08. The zero-order valence-electron chi connectivity index (χ0n) is 8.40. The molecule has 1 aromatic rings. The van der Waals surface area contributed by atoms with Gasteiger partial charge in [-0.05, 0) is 37.4 Å². The van der Waals surface area contributed by atoms with Crippen LogP contribution in [0.15, 0.2) is 17.8 Å². The molecule has 2 heterocycles. The van der Waals surface area contributed by atoms with Gasteiger partial charge in [0.25, 0.3) is 5.91 Å². The van der Waals surface area contributed by atoms with Gasteiger partial charge in [0.15, 0.2) is 5.11 Å². The molecule has 78 valence electrons. The Kier molecular flexibility index (Phi) is 2.58. The highest BCUT2D eigenvalue weighted by Gasteiger charge is 2.26. The molecule has 1 aromatic heterocycles. The van der Waals surface area contributed by atoms with Gasteiger partial charge in [0.1, 0.15) is 5.70 Å². The van der Waals surface area contributed by atoms with Crippen LogP contribution < -0.4 is 5.32 Å². The molecular weight excluding hydrogens is 228 g/mol. The number of amides is 1. The highest BCUT2D eigenvalue weighted by Crippen LogP contribution is 2.19. The second-order valence-corrected chi connectivity index (χ2v) is 5.01. The number of hydrogen-bond acceptors (Lipinski definition) is 3. The molecule has 1 fully saturated rings. The first kappa shape index (κ1) is 10.3. The number of carbonyl (C=O) groups excluding carboxylic acids is 1. The summed E-state index contributed by atoms with van der Waals surface area (Å²) in [6.45, 7) is 2.04. The molecule has 0 radical (unpaired) electrons. The largest absolute Gasteiger partial charge is 0.328 e. The minimum Gasteiger partial charge on any atom is -0.328 e. The summed E-state index contributed by atoms with van der Waals surface area (Å²) < 4.78 is 0. The lowest BCUT2D eigenvalue weighted by atomic mass is 10.3. The number of aryl methyl sites for hydroxylation is 1. The van der Waals surface area contributed by atoms with Crippen molar-refractivity contribution in [1.29, 1.82) is 0 Å². The molecule has 0 aromatic carbocycles. The third kappa shape index (κ3) is 1.93. The number of rotatable bonds is 1. The lowest BCUT2D eigenvalue weighted by Gasteiger charge is -2.02. The molecule has 0 saturated carbocycles. The molecule has 1 aliphatic heterocycles. The van der Waals surface area contributed by atoms with E-state index in [4.69, 9.17) is 12.2 Å². The van der Waals surface area contributed by atoms with Crippen molar-refractivity contribution in [2.75, 3.05) is 7.05 Å². The van der Waals surface area contributed by atoms with Crippen LogP contribution in [0.1, 0.15) is 9.75 Å². The predicted molar refractivity (Wildman–Crippen MR) is 65.5 cm³/mol. The summed E-state index contributed by atoms with van der Waals surface area (Å²) in [5.74, 6) is -0.0777. The van der Waals surface area contributed by atoms with Crippen LogP contribution >= 0.6 is 23.6 Å². The van der Waals surface area contributed by atoms with E-state index in [0.29, 0.717) is 10.8 Å². The third-order valence-electron chi connectivity index (χ3n) is 2.13. The fourth-order valence-corrected chi connectivity index (χ4v) is 2.31. The predicted octanol–water partition coefficient (Wildman–Crippen LogP) is 1.74. The first-order valence-electron chi connectivity index (χ1n) is 4.45. The van der Waals surface area contributed by atoms with Crippen molar-refractivity contribution in [3.63, 3.8) is 0 Å². The summed E-state index contributed by atoms with van der Waals surface area (Å²) in [4.78, 5) is 15.4. The van der Waals surface area contributed by atoms with Crippen molar-refractivity contribution in [2.24, 2.45) is 0 Å². The highest BCUT2D eigenvalue weighted by atomic mass is 32.1. The number of likely N-dealkylation sites (N-methyl/N-ethyl adjacent to an activating group) is 1. The van der Waals surface area contributed by atoms with E-state index in [9.17, 15) is 4.79 Å². The average molecular weight is 238 g/mol. The van der Waals surface area contributed by atoms with Crippen LogP contribution in [0.4, 0.5) is 0 Å². The van der Waals surface area contributed by atoms with E-state index in [0.717, 1.165) is 4.88 Å². The van der Waals surface area contributed by atoms with Crippen LogP contribution in [0, 0.1) is 6.92 Å². The van der Waals surface area contributed by atoms with Crippen LogP contribution in [0.2, 0.25) is 0 Å². The molecular formula is C10H10N2OS2. The zero-order chi connectivity index (χ0) is 11.0. The van der Waals surface area contributed by atoms with Gasteiger partial charge < -0.3 is 5.32 Å². The van der Waals surface area contributed by atoms with E-state index >= 15 is 0 Å². The van der Waals surface area contributed by atoms with Crippen LogP contribution in [-0.2, 0) is 4.79 Å². The summed E-state index contributed by atoms with van der Waals surface area (Å²) in [5.41, 5.74) is 0.546. The van der Waals surface area contributed by atoms with E-state index in [2.05, 4.69) is 5.32 Å². The number of hydrogen-bond donors (Lipinski definition) is 1. The lowest BCUT2D eigenvalue weighted by molar-refractivity contribution is -0.121. The van der Waals surface area contributed by atoms with E-state index in [-0.39, 0.29) is 5.91 Å². The van der Waals surface area contributed by atoms with Crippen LogP contribution in [0.3, 0.4) is 0 Å². The van der Waals surface area contributed by atoms with Gasteiger partial charge in [-0.3, -0.25) is 9.69 Å². The number of nitrogens with zero attached hydrogens (tertiary/aromatic N) is 1. The standard InChI is InChI=1S/C10H10N2OS2/c1-6-3-4-7(15-6)5-8-9(13)12(2)10(14)11-8/h3-5H,1-2H3,(H,11,14)/b8-5+. The van der Waals surface area contributed by atoms with Gasteiger partial charge in [-0.2, -0.15) is 0 Å². The molecule has 1 saturated heterocycles. The summed E-state index contributed by atoms with van der Waals surface area (Å²) in [5, 5.41) is 3.34. The minimum atomic E-state index is -0.0777. The molecule has 3 nitrogen and oxygen atoms in total. The maximum Gasteiger partial charge on any atom is 0.276 e. The molecule has 0 spiro atoms. The Labute approximate surface area is 97.4 Å². The molecule has 5 heteroatoms. The van der Waals surface area contributed by atoms with Gasteiger partial charge in [0.2, 0.25) is 0 Å².